The quantitative estimate of drug-likeness (QED) is 0.379. The number of alkyl halides is 6. The predicted molar refractivity (Wildman–Crippen MR) is 115 cm³/mol. The molecule has 0 aromatic heterocycles. The van der Waals surface area contributed by atoms with Crippen LogP contribution in [0.3, 0.4) is 0 Å². The molecule has 2 atom stereocenters. The molecule has 1 heterocycles. The van der Waals surface area contributed by atoms with Crippen LogP contribution in [0.25, 0.3) is 0 Å². The Morgan fingerprint density at radius 3 is 1.76 bits per heavy atom. The number of carbonyl (C=O) groups excluding carboxylic acids is 1. The summed E-state index contributed by atoms with van der Waals surface area (Å²) in [5.74, 6) is 0. The fourth-order valence-corrected chi connectivity index (χ4v) is 3.95. The number of rotatable bonds is 7. The van der Waals surface area contributed by atoms with E-state index in [2.05, 4.69) is 35.8 Å². The molecule has 1 fully saturated rings. The molecule has 190 valence electrons. The number of ether oxygens (including phenoxy) is 1. The second-order valence-corrected chi connectivity index (χ2v) is 8.53. The minimum Gasteiger partial charge on any atom is -0.465 e. The van der Waals surface area contributed by atoms with Gasteiger partial charge in [0.2, 0.25) is 0 Å². The van der Waals surface area contributed by atoms with Crippen molar-refractivity contribution in [2.45, 2.75) is 96.5 Å². The van der Waals surface area contributed by atoms with E-state index in [4.69, 9.17) is 0 Å². The highest BCUT2D eigenvalue weighted by molar-refractivity contribution is 5.37. The Hall–Kier alpha value is -1.81. The SMILES string of the molecule is CC(C)OC=O.CCC1CC(NCc2cc(C(F)(F)F)cc(C(F)(F)F)c2)CC(CC)N1C. The van der Waals surface area contributed by atoms with Crippen molar-refractivity contribution < 1.29 is 35.9 Å². The van der Waals surface area contributed by atoms with Gasteiger partial charge >= 0.3 is 12.4 Å². The number of hydrogen-bond donors (Lipinski definition) is 1. The lowest BCUT2D eigenvalue weighted by molar-refractivity contribution is -0.143. The third kappa shape index (κ3) is 9.52. The van der Waals surface area contributed by atoms with Gasteiger partial charge in [0.15, 0.2) is 0 Å². The second kappa shape index (κ2) is 12.6. The Morgan fingerprint density at radius 1 is 1.00 bits per heavy atom. The largest absolute Gasteiger partial charge is 0.465 e. The molecule has 1 saturated heterocycles. The molecular weight excluding hydrogens is 450 g/mol. The van der Waals surface area contributed by atoms with Crippen LogP contribution in [0, 0.1) is 0 Å². The molecule has 1 aliphatic rings. The maximum atomic E-state index is 13.0. The van der Waals surface area contributed by atoms with Crippen molar-refractivity contribution in [2.75, 3.05) is 7.05 Å². The van der Waals surface area contributed by atoms with Gasteiger partial charge in [-0.3, -0.25) is 4.79 Å². The van der Waals surface area contributed by atoms with Crippen molar-refractivity contribution in [1.29, 1.82) is 0 Å². The van der Waals surface area contributed by atoms with Crippen LogP contribution in [0.15, 0.2) is 18.2 Å². The molecule has 2 unspecified atom stereocenters. The van der Waals surface area contributed by atoms with Crippen LogP contribution >= 0.6 is 0 Å². The summed E-state index contributed by atoms with van der Waals surface area (Å²) in [5, 5.41) is 3.18. The Morgan fingerprint density at radius 2 is 1.45 bits per heavy atom. The molecule has 0 spiro atoms. The number of nitrogens with one attached hydrogen (secondary N) is 1. The zero-order valence-corrected chi connectivity index (χ0v) is 19.7. The molecule has 0 aliphatic carbocycles. The maximum absolute atomic E-state index is 13.0. The minimum absolute atomic E-state index is 0.00262. The van der Waals surface area contributed by atoms with Gasteiger partial charge in [-0.1, -0.05) is 13.8 Å². The van der Waals surface area contributed by atoms with Crippen LogP contribution in [0.4, 0.5) is 26.3 Å². The van der Waals surface area contributed by atoms with Gasteiger partial charge in [0.05, 0.1) is 17.2 Å². The molecule has 33 heavy (non-hydrogen) atoms. The second-order valence-electron chi connectivity index (χ2n) is 8.53. The predicted octanol–water partition coefficient (Wildman–Crippen LogP) is 6.03. The van der Waals surface area contributed by atoms with Gasteiger partial charge in [-0.15, -0.1) is 0 Å². The van der Waals surface area contributed by atoms with Crippen molar-refractivity contribution in [3.05, 3.63) is 34.9 Å². The Kier molecular flexibility index (Phi) is 11.2. The Labute approximate surface area is 191 Å². The van der Waals surface area contributed by atoms with E-state index >= 15 is 0 Å². The third-order valence-electron chi connectivity index (χ3n) is 5.78. The topological polar surface area (TPSA) is 41.6 Å². The molecule has 1 aromatic rings. The van der Waals surface area contributed by atoms with Gasteiger partial charge in [0.1, 0.15) is 0 Å². The normalized spacial score (nSPS) is 22.0. The summed E-state index contributed by atoms with van der Waals surface area (Å²) in [5.41, 5.74) is -2.54. The molecular formula is C23H34F6N2O2. The van der Waals surface area contributed by atoms with Gasteiger partial charge < -0.3 is 15.0 Å². The summed E-state index contributed by atoms with van der Waals surface area (Å²) in [6.07, 6.45) is -6.04. The number of piperidine rings is 1. The Balaban J connectivity index is 0.000000801. The zero-order valence-electron chi connectivity index (χ0n) is 19.7. The van der Waals surface area contributed by atoms with E-state index in [-0.39, 0.29) is 30.3 Å². The highest BCUT2D eigenvalue weighted by atomic mass is 19.4. The number of halogens is 6. The molecule has 0 saturated carbocycles. The lowest BCUT2D eigenvalue weighted by Gasteiger charge is -2.43. The number of likely N-dealkylation sites (tertiary alicyclic amines) is 1. The van der Waals surface area contributed by atoms with Crippen LogP contribution in [-0.2, 0) is 28.4 Å². The summed E-state index contributed by atoms with van der Waals surface area (Å²) in [6.45, 7) is 8.19. The first kappa shape index (κ1) is 29.2. The molecule has 0 radical (unpaired) electrons. The standard InChI is InChI=1S/C19H26F6N2.C4H8O2/c1-4-16-9-15(10-17(5-2)27(16)3)26-11-12-6-13(18(20,21)22)8-14(7-12)19(23,24)25;1-4(2)6-3-5/h6-8,15-17,26H,4-5,9-11H2,1-3H3;3-4H,1-2H3. The molecule has 0 amide bonds. The molecule has 0 bridgehead atoms. The number of hydrogen-bond acceptors (Lipinski definition) is 4. The van der Waals surface area contributed by atoms with Crippen molar-refractivity contribution >= 4 is 6.47 Å². The summed E-state index contributed by atoms with van der Waals surface area (Å²) in [7, 11) is 2.07. The Bertz CT molecular complexity index is 690. The van der Waals surface area contributed by atoms with E-state index < -0.39 is 23.5 Å². The van der Waals surface area contributed by atoms with E-state index in [1.165, 1.54) is 0 Å². The van der Waals surface area contributed by atoms with Gasteiger partial charge in [0.25, 0.3) is 6.47 Å². The van der Waals surface area contributed by atoms with E-state index in [1.807, 2.05) is 0 Å². The zero-order chi connectivity index (χ0) is 25.4. The van der Waals surface area contributed by atoms with Crippen LogP contribution < -0.4 is 5.32 Å². The molecule has 1 aliphatic heterocycles. The number of benzene rings is 1. The third-order valence-corrected chi connectivity index (χ3v) is 5.78. The lowest BCUT2D eigenvalue weighted by Crippen LogP contribution is -2.51. The summed E-state index contributed by atoms with van der Waals surface area (Å²) in [4.78, 5) is 11.7. The van der Waals surface area contributed by atoms with Crippen molar-refractivity contribution in [3.8, 4) is 0 Å². The first-order chi connectivity index (χ1) is 15.2. The molecule has 2 rings (SSSR count). The number of carbonyl (C=O) groups is 1. The van der Waals surface area contributed by atoms with Crippen LogP contribution in [0.1, 0.15) is 70.1 Å². The van der Waals surface area contributed by atoms with E-state index in [0.29, 0.717) is 18.6 Å². The number of nitrogens with zero attached hydrogens (tertiary/aromatic N) is 1. The minimum atomic E-state index is -4.82. The average Bonchev–Trinajstić information content (AvgIpc) is 2.71. The van der Waals surface area contributed by atoms with Crippen LogP contribution in [-0.4, -0.2) is 42.6 Å². The smallest absolute Gasteiger partial charge is 0.416 e. The van der Waals surface area contributed by atoms with Crippen LogP contribution in [0.5, 0.6) is 0 Å². The maximum Gasteiger partial charge on any atom is 0.416 e. The average molecular weight is 485 g/mol. The fraction of sp³-hybridized carbons (Fsp3) is 0.696. The summed E-state index contributed by atoms with van der Waals surface area (Å²) in [6, 6.07) is 2.54. The molecule has 1 aromatic carbocycles. The van der Waals surface area contributed by atoms with Gasteiger partial charge in [0, 0.05) is 24.7 Å². The van der Waals surface area contributed by atoms with Crippen molar-refractivity contribution in [1.82, 2.24) is 10.2 Å². The van der Waals surface area contributed by atoms with Gasteiger partial charge in [-0.2, -0.15) is 26.3 Å². The van der Waals surface area contributed by atoms with E-state index in [1.54, 1.807) is 13.8 Å². The van der Waals surface area contributed by atoms with Crippen molar-refractivity contribution in [2.24, 2.45) is 0 Å². The monoisotopic (exact) mass is 484 g/mol. The fourth-order valence-electron chi connectivity index (χ4n) is 3.95. The molecule has 10 heteroatoms. The molecule has 4 nitrogen and oxygen atoms in total. The van der Waals surface area contributed by atoms with Crippen molar-refractivity contribution in [3.63, 3.8) is 0 Å². The summed E-state index contributed by atoms with van der Waals surface area (Å²) < 4.78 is 82.2. The lowest BCUT2D eigenvalue weighted by atomic mass is 9.89. The molecule has 1 N–H and O–H groups in total. The van der Waals surface area contributed by atoms with E-state index in [9.17, 15) is 31.1 Å². The highest BCUT2D eigenvalue weighted by Gasteiger charge is 2.37. The first-order valence-corrected chi connectivity index (χ1v) is 11.1. The first-order valence-electron chi connectivity index (χ1n) is 11.1. The van der Waals surface area contributed by atoms with Gasteiger partial charge in [-0.05, 0) is 70.3 Å². The summed E-state index contributed by atoms with van der Waals surface area (Å²) >= 11 is 0. The van der Waals surface area contributed by atoms with Crippen LogP contribution in [0.2, 0.25) is 0 Å². The van der Waals surface area contributed by atoms with E-state index in [0.717, 1.165) is 37.8 Å². The highest BCUT2D eigenvalue weighted by Crippen LogP contribution is 2.36. The van der Waals surface area contributed by atoms with Gasteiger partial charge in [-0.25, -0.2) is 0 Å².